The van der Waals surface area contributed by atoms with Gasteiger partial charge in [-0.05, 0) is 42.8 Å². The van der Waals surface area contributed by atoms with Crippen LogP contribution in [0.4, 0.5) is 16.2 Å². The maximum atomic E-state index is 11.8. The minimum atomic E-state index is -0.307. The highest BCUT2D eigenvalue weighted by Crippen LogP contribution is 2.20. The van der Waals surface area contributed by atoms with Gasteiger partial charge in [0.25, 0.3) is 0 Å². The lowest BCUT2D eigenvalue weighted by Crippen LogP contribution is -2.19. The topological polar surface area (TPSA) is 41.1 Å². The van der Waals surface area contributed by atoms with Gasteiger partial charge in [0.05, 0.1) is 0 Å². The van der Waals surface area contributed by atoms with Crippen LogP contribution < -0.4 is 10.6 Å². The zero-order valence-corrected chi connectivity index (χ0v) is 12.5. The van der Waals surface area contributed by atoms with E-state index in [0.717, 1.165) is 10.0 Å². The lowest BCUT2D eigenvalue weighted by Gasteiger charge is -2.09. The lowest BCUT2D eigenvalue weighted by atomic mass is 10.2. The summed E-state index contributed by atoms with van der Waals surface area (Å²) >= 11 is 9.35. The zero-order chi connectivity index (χ0) is 13.8. The van der Waals surface area contributed by atoms with E-state index < -0.39 is 0 Å². The lowest BCUT2D eigenvalue weighted by molar-refractivity contribution is 0.262. The Morgan fingerprint density at radius 3 is 2.42 bits per heavy atom. The molecular weight excluding hydrogens is 328 g/mol. The van der Waals surface area contributed by atoms with E-state index in [1.165, 1.54) is 0 Å². The van der Waals surface area contributed by atoms with Crippen molar-refractivity contribution in [3.8, 4) is 0 Å². The predicted molar refractivity (Wildman–Crippen MR) is 83.0 cm³/mol. The molecule has 0 saturated carbocycles. The third-order valence-electron chi connectivity index (χ3n) is 2.51. The van der Waals surface area contributed by atoms with E-state index in [2.05, 4.69) is 26.6 Å². The smallest absolute Gasteiger partial charge is 0.308 e. The molecule has 5 heteroatoms. The third-order valence-corrected chi connectivity index (χ3v) is 3.41. The molecule has 2 aromatic rings. The molecule has 0 fully saturated rings. The molecule has 19 heavy (non-hydrogen) atoms. The Morgan fingerprint density at radius 1 is 1.11 bits per heavy atom. The molecule has 98 valence electrons. The second-order valence-electron chi connectivity index (χ2n) is 4.05. The van der Waals surface area contributed by atoms with Crippen molar-refractivity contribution in [2.75, 3.05) is 10.6 Å². The summed E-state index contributed by atoms with van der Waals surface area (Å²) in [5.74, 6) is 0. The first-order chi connectivity index (χ1) is 9.04. The number of anilines is 2. The van der Waals surface area contributed by atoms with E-state index >= 15 is 0 Å². The van der Waals surface area contributed by atoms with Crippen LogP contribution in [0, 0.1) is 6.92 Å². The number of urea groups is 1. The van der Waals surface area contributed by atoms with E-state index in [0.29, 0.717) is 16.4 Å². The average molecular weight is 340 g/mol. The van der Waals surface area contributed by atoms with Gasteiger partial charge in [-0.25, -0.2) is 4.79 Å². The first kappa shape index (κ1) is 13.9. The highest BCUT2D eigenvalue weighted by Gasteiger charge is 2.04. The molecule has 0 spiro atoms. The molecule has 0 aromatic heterocycles. The molecule has 2 aromatic carbocycles. The van der Waals surface area contributed by atoms with Gasteiger partial charge >= 0.3 is 6.03 Å². The van der Waals surface area contributed by atoms with Crippen LogP contribution in [-0.4, -0.2) is 6.03 Å². The summed E-state index contributed by atoms with van der Waals surface area (Å²) in [6.45, 7) is 1.91. The largest absolute Gasteiger partial charge is 0.323 e. The summed E-state index contributed by atoms with van der Waals surface area (Å²) in [5.41, 5.74) is 2.34. The van der Waals surface area contributed by atoms with E-state index in [1.54, 1.807) is 6.07 Å². The molecule has 0 aliphatic heterocycles. The van der Waals surface area contributed by atoms with Gasteiger partial charge in [0, 0.05) is 20.9 Å². The Morgan fingerprint density at radius 2 is 1.79 bits per heavy atom. The first-order valence-electron chi connectivity index (χ1n) is 5.64. The molecule has 2 rings (SSSR count). The molecule has 0 unspecified atom stereocenters. The van der Waals surface area contributed by atoms with Gasteiger partial charge in [0.15, 0.2) is 0 Å². The maximum absolute atomic E-state index is 11.8. The van der Waals surface area contributed by atoms with Crippen LogP contribution >= 0.6 is 27.5 Å². The van der Waals surface area contributed by atoms with Crippen LogP contribution in [0.25, 0.3) is 0 Å². The highest BCUT2D eigenvalue weighted by atomic mass is 79.9. The summed E-state index contributed by atoms with van der Waals surface area (Å²) in [7, 11) is 0. The van der Waals surface area contributed by atoms with E-state index in [-0.39, 0.29) is 6.03 Å². The van der Waals surface area contributed by atoms with Crippen LogP contribution in [0.1, 0.15) is 5.56 Å². The van der Waals surface area contributed by atoms with Crippen molar-refractivity contribution in [2.24, 2.45) is 0 Å². The van der Waals surface area contributed by atoms with E-state index in [9.17, 15) is 4.79 Å². The van der Waals surface area contributed by atoms with Crippen molar-refractivity contribution in [1.29, 1.82) is 0 Å². The van der Waals surface area contributed by atoms with Gasteiger partial charge in [-0.1, -0.05) is 39.7 Å². The predicted octanol–water partition coefficient (Wildman–Crippen LogP) is 5.05. The number of carbonyl (C=O) groups is 1. The van der Waals surface area contributed by atoms with Crippen LogP contribution in [0.3, 0.4) is 0 Å². The number of aryl methyl sites for hydroxylation is 1. The summed E-state index contributed by atoms with van der Waals surface area (Å²) < 4.78 is 0.906. The van der Waals surface area contributed by atoms with Crippen molar-refractivity contribution in [3.63, 3.8) is 0 Å². The zero-order valence-electron chi connectivity index (χ0n) is 10.2. The standard InChI is InChI=1S/C14H12BrClN2O/c1-9-5-6-12(8-13(9)16)18-14(19)17-11-4-2-3-10(15)7-11/h2-8H,1H3,(H2,17,18,19). The van der Waals surface area contributed by atoms with Crippen molar-refractivity contribution >= 4 is 44.9 Å². The quantitative estimate of drug-likeness (QED) is 0.789. The normalized spacial score (nSPS) is 10.1. The van der Waals surface area contributed by atoms with Crippen molar-refractivity contribution < 1.29 is 4.79 Å². The minimum Gasteiger partial charge on any atom is -0.308 e. The number of hydrogen-bond donors (Lipinski definition) is 2. The highest BCUT2D eigenvalue weighted by molar-refractivity contribution is 9.10. The number of benzene rings is 2. The van der Waals surface area contributed by atoms with Crippen LogP contribution in [0.5, 0.6) is 0 Å². The second-order valence-corrected chi connectivity index (χ2v) is 5.38. The Bertz CT molecular complexity index is 616. The maximum Gasteiger partial charge on any atom is 0.323 e. The van der Waals surface area contributed by atoms with Gasteiger partial charge in [0.2, 0.25) is 0 Å². The number of amides is 2. The summed E-state index contributed by atoms with van der Waals surface area (Å²) in [5, 5.41) is 6.10. The van der Waals surface area contributed by atoms with Gasteiger partial charge in [-0.3, -0.25) is 0 Å². The van der Waals surface area contributed by atoms with Crippen LogP contribution in [0.2, 0.25) is 5.02 Å². The van der Waals surface area contributed by atoms with Crippen LogP contribution in [0.15, 0.2) is 46.9 Å². The third kappa shape index (κ3) is 3.98. The molecule has 2 amide bonds. The molecule has 0 aliphatic carbocycles. The fraction of sp³-hybridized carbons (Fsp3) is 0.0714. The molecule has 0 heterocycles. The van der Waals surface area contributed by atoms with E-state index in [4.69, 9.17) is 11.6 Å². The SMILES string of the molecule is Cc1ccc(NC(=O)Nc2cccc(Br)c2)cc1Cl. The number of rotatable bonds is 2. The van der Waals surface area contributed by atoms with Crippen molar-refractivity contribution in [2.45, 2.75) is 6.92 Å². The Balaban J connectivity index is 2.03. The summed E-state index contributed by atoms with van der Waals surface area (Å²) in [6.07, 6.45) is 0. The Kier molecular flexibility index (Phi) is 4.45. The fourth-order valence-corrected chi connectivity index (χ4v) is 2.11. The molecule has 3 nitrogen and oxygen atoms in total. The molecule has 0 atom stereocenters. The summed E-state index contributed by atoms with van der Waals surface area (Å²) in [4.78, 5) is 11.8. The minimum absolute atomic E-state index is 0.307. The number of carbonyl (C=O) groups excluding carboxylic acids is 1. The van der Waals surface area contributed by atoms with Gasteiger partial charge in [-0.2, -0.15) is 0 Å². The number of halogens is 2. The first-order valence-corrected chi connectivity index (χ1v) is 6.81. The number of nitrogens with one attached hydrogen (secondary N) is 2. The van der Waals surface area contributed by atoms with Crippen molar-refractivity contribution in [1.82, 2.24) is 0 Å². The molecule has 0 saturated heterocycles. The molecule has 0 bridgehead atoms. The molecular formula is C14H12BrClN2O. The molecule has 0 aliphatic rings. The van der Waals surface area contributed by atoms with Gasteiger partial charge in [0.1, 0.15) is 0 Å². The van der Waals surface area contributed by atoms with Gasteiger partial charge in [-0.15, -0.1) is 0 Å². The Hall–Kier alpha value is -1.52. The molecule has 0 radical (unpaired) electrons. The number of hydrogen-bond acceptors (Lipinski definition) is 1. The fourth-order valence-electron chi connectivity index (χ4n) is 1.53. The van der Waals surface area contributed by atoms with Crippen LogP contribution in [-0.2, 0) is 0 Å². The summed E-state index contributed by atoms with van der Waals surface area (Å²) in [6, 6.07) is 12.5. The second kappa shape index (κ2) is 6.08. The van der Waals surface area contributed by atoms with Crippen molar-refractivity contribution in [3.05, 3.63) is 57.5 Å². The Labute approximate surface area is 125 Å². The molecule has 2 N–H and O–H groups in total. The van der Waals surface area contributed by atoms with Gasteiger partial charge < -0.3 is 10.6 Å². The van der Waals surface area contributed by atoms with E-state index in [1.807, 2.05) is 43.3 Å². The average Bonchev–Trinajstić information content (AvgIpc) is 2.34. The monoisotopic (exact) mass is 338 g/mol.